The first kappa shape index (κ1) is 29.6. The number of rotatable bonds is 5. The van der Waals surface area contributed by atoms with Crippen LogP contribution in [0.3, 0.4) is 0 Å². The number of carbonyl (C=O) groups is 1. The second-order valence-electron chi connectivity index (χ2n) is 11.3. The number of anilines is 1. The molecule has 4 aromatic rings. The average molecular weight is 605 g/mol. The van der Waals surface area contributed by atoms with Crippen LogP contribution in [0.4, 0.5) is 5.95 Å². The van der Waals surface area contributed by atoms with Gasteiger partial charge in [-0.3, -0.25) is 4.79 Å². The quantitative estimate of drug-likeness (QED) is 0.301. The zero-order chi connectivity index (χ0) is 30.1. The molecule has 5 rings (SSSR count). The molecule has 0 spiro atoms. The van der Waals surface area contributed by atoms with Crippen LogP contribution in [0.1, 0.15) is 33.5 Å². The third kappa shape index (κ3) is 6.77. The summed E-state index contributed by atoms with van der Waals surface area (Å²) in [4.78, 5) is 23.3. The molecule has 1 unspecified atom stereocenters. The number of carbonyl (C=O) groups excluding carboxylic acids is 1. The Hall–Kier alpha value is -3.89. The van der Waals surface area contributed by atoms with Crippen LogP contribution in [-0.2, 0) is 16.4 Å². The van der Waals surface area contributed by atoms with Crippen LogP contribution in [0.5, 0.6) is 5.88 Å². The molecule has 0 radical (unpaired) electrons. The van der Waals surface area contributed by atoms with E-state index in [2.05, 4.69) is 63.0 Å². The van der Waals surface area contributed by atoms with Crippen molar-refractivity contribution in [2.75, 3.05) is 30.0 Å². The van der Waals surface area contributed by atoms with Gasteiger partial charge in [0, 0.05) is 17.2 Å². The maximum Gasteiger partial charge on any atom is 0.264 e. The Kier molecular flexibility index (Phi) is 8.30. The fourth-order valence-electron chi connectivity index (χ4n) is 4.94. The topological polar surface area (TPSA) is 110 Å². The number of fused-ring (bicyclic) bond motifs is 4. The molecule has 0 aliphatic carbocycles. The molecule has 4 bridgehead atoms. The molecule has 0 saturated carbocycles. The highest BCUT2D eigenvalue weighted by atomic mass is 32.3. The number of ether oxygens (including phenoxy) is 1. The highest BCUT2D eigenvalue weighted by Gasteiger charge is 2.23. The van der Waals surface area contributed by atoms with Gasteiger partial charge in [-0.25, -0.2) is 28.2 Å². The van der Waals surface area contributed by atoms with E-state index in [9.17, 15) is 13.2 Å². The minimum Gasteiger partial charge on any atom is -0.472 e. The fourth-order valence-corrected chi connectivity index (χ4v) is 6.88. The van der Waals surface area contributed by atoms with Crippen LogP contribution in [0, 0.1) is 13.8 Å². The Labute approximate surface area is 249 Å². The normalized spacial score (nSPS) is 17.0. The van der Waals surface area contributed by atoms with Crippen molar-refractivity contribution < 1.29 is 17.9 Å². The second-order valence-corrected chi connectivity index (χ2v) is 17.1. The molecule has 2 N–H and O–H groups in total. The predicted octanol–water partition coefficient (Wildman–Crippen LogP) is 5.74. The highest BCUT2D eigenvalue weighted by molar-refractivity contribution is 8.32. The Morgan fingerprint density at radius 3 is 2.31 bits per heavy atom. The number of hydrogen-bond acceptors (Lipinski definition) is 6. The number of benzene rings is 3. The Bertz CT molecular complexity index is 1710. The molecule has 1 aliphatic heterocycles. The minimum atomic E-state index is -4.08. The predicted molar refractivity (Wildman–Crippen MR) is 169 cm³/mol. The zero-order valence-corrected chi connectivity index (χ0v) is 26.1. The first-order valence-corrected chi connectivity index (χ1v) is 18.0. The van der Waals surface area contributed by atoms with Crippen molar-refractivity contribution in [3.63, 3.8) is 0 Å². The molecule has 42 heavy (non-hydrogen) atoms. The van der Waals surface area contributed by atoms with E-state index in [-0.39, 0.29) is 34.7 Å². The summed E-state index contributed by atoms with van der Waals surface area (Å²) in [6.45, 7) is 4.17. The van der Waals surface area contributed by atoms with Gasteiger partial charge >= 0.3 is 0 Å². The van der Waals surface area contributed by atoms with Gasteiger partial charge in [0.05, 0.1) is 17.1 Å². The third-order valence-corrected chi connectivity index (χ3v) is 10.2. The number of amides is 1. The molecule has 0 fully saturated rings. The molecule has 2 heterocycles. The smallest absolute Gasteiger partial charge is 0.264 e. The van der Waals surface area contributed by atoms with Gasteiger partial charge in [-0.15, -0.1) is 0 Å². The Morgan fingerprint density at radius 1 is 0.929 bits per heavy atom. The molecule has 0 saturated heterocycles. The monoisotopic (exact) mass is 604 g/mol. The largest absolute Gasteiger partial charge is 0.472 e. The first-order valence-electron chi connectivity index (χ1n) is 13.7. The third-order valence-electron chi connectivity index (χ3n) is 7.24. The molecule has 8 nitrogen and oxygen atoms in total. The first-order chi connectivity index (χ1) is 19.9. The molecular formula is C32H36N4O4S2. The summed E-state index contributed by atoms with van der Waals surface area (Å²) in [5, 5.41) is 2.93. The molecule has 3 aromatic carbocycles. The SMILES string of the molecule is Cc1cccc(C)c1-c1cc2nc(n1)NS(=O)(=O)c1cccc(c1)C(=O)NCC(CCc1ccc(S(C)(C)C)cc1)O2. The summed E-state index contributed by atoms with van der Waals surface area (Å²) in [7, 11) is -4.90. The van der Waals surface area contributed by atoms with Crippen LogP contribution in [0.15, 0.2) is 82.6 Å². The van der Waals surface area contributed by atoms with Crippen molar-refractivity contribution in [1.82, 2.24) is 15.3 Å². The van der Waals surface area contributed by atoms with Crippen LogP contribution >= 0.6 is 10.0 Å². The molecule has 1 aliphatic rings. The highest BCUT2D eigenvalue weighted by Crippen LogP contribution is 2.44. The van der Waals surface area contributed by atoms with Crippen molar-refractivity contribution in [1.29, 1.82) is 0 Å². The molecular weight excluding hydrogens is 569 g/mol. The average Bonchev–Trinajstić information content (AvgIpc) is 2.93. The maximum absolute atomic E-state index is 13.3. The van der Waals surface area contributed by atoms with Gasteiger partial charge in [-0.2, -0.15) is 4.98 Å². The molecule has 1 amide bonds. The summed E-state index contributed by atoms with van der Waals surface area (Å²) >= 11 is 0. The van der Waals surface area contributed by atoms with Crippen LogP contribution in [0.25, 0.3) is 11.3 Å². The summed E-state index contributed by atoms with van der Waals surface area (Å²) in [6, 6.07) is 22.2. The number of nitrogens with one attached hydrogen (secondary N) is 2. The zero-order valence-electron chi connectivity index (χ0n) is 24.5. The van der Waals surface area contributed by atoms with E-state index in [0.29, 0.717) is 12.1 Å². The van der Waals surface area contributed by atoms with Crippen LogP contribution < -0.4 is 14.8 Å². The van der Waals surface area contributed by atoms with Gasteiger partial charge in [0.2, 0.25) is 11.8 Å². The van der Waals surface area contributed by atoms with E-state index in [1.165, 1.54) is 22.6 Å². The molecule has 10 heteroatoms. The van der Waals surface area contributed by atoms with E-state index >= 15 is 0 Å². The lowest BCUT2D eigenvalue weighted by molar-refractivity contribution is 0.0922. The van der Waals surface area contributed by atoms with Gasteiger partial charge < -0.3 is 10.1 Å². The number of hydrogen-bond donors (Lipinski definition) is 2. The lowest BCUT2D eigenvalue weighted by Crippen LogP contribution is -2.36. The molecule has 1 aromatic heterocycles. The summed E-state index contributed by atoms with van der Waals surface area (Å²) in [5.41, 5.74) is 4.80. The second kappa shape index (κ2) is 11.8. The number of aryl methyl sites for hydroxylation is 3. The van der Waals surface area contributed by atoms with Crippen molar-refractivity contribution in [3.05, 3.63) is 95.1 Å². The standard InChI is InChI=1S/C32H36N4O4S2/c1-21-8-6-9-22(2)30(21)28-19-29-35-32(34-28)36-42(38,39)27-11-7-10-24(18-27)31(37)33-20-25(40-29)15-12-23-13-16-26(17-14-23)41(3,4)5/h6-11,13-14,16-19,25H,12,15,20H2,1-5H3,(H,33,37)(H,34,35,36). The van der Waals surface area contributed by atoms with Gasteiger partial charge in [0.1, 0.15) is 6.10 Å². The van der Waals surface area contributed by atoms with Gasteiger partial charge in [0.15, 0.2) is 0 Å². The Morgan fingerprint density at radius 2 is 1.62 bits per heavy atom. The van der Waals surface area contributed by atoms with Crippen LogP contribution in [0.2, 0.25) is 0 Å². The van der Waals surface area contributed by atoms with E-state index in [4.69, 9.17) is 4.74 Å². The molecule has 220 valence electrons. The van der Waals surface area contributed by atoms with E-state index in [1.54, 1.807) is 18.2 Å². The van der Waals surface area contributed by atoms with E-state index < -0.39 is 26.2 Å². The van der Waals surface area contributed by atoms with Gasteiger partial charge in [-0.05, 0) is 97.4 Å². The summed E-state index contributed by atoms with van der Waals surface area (Å²) in [5.74, 6) is -0.267. The minimum absolute atomic E-state index is 0.0602. The van der Waals surface area contributed by atoms with Crippen molar-refractivity contribution >= 4 is 31.9 Å². The summed E-state index contributed by atoms with van der Waals surface area (Å²) in [6.07, 6.45) is 7.70. The summed E-state index contributed by atoms with van der Waals surface area (Å²) < 4.78 is 35.5. The number of nitrogens with zero attached hydrogens (tertiary/aromatic N) is 2. The number of sulfonamides is 1. The van der Waals surface area contributed by atoms with Gasteiger partial charge in [-0.1, -0.05) is 36.4 Å². The van der Waals surface area contributed by atoms with E-state index in [0.717, 1.165) is 23.1 Å². The Balaban J connectivity index is 1.53. The number of aromatic nitrogens is 2. The van der Waals surface area contributed by atoms with E-state index in [1.807, 2.05) is 32.0 Å². The maximum atomic E-state index is 13.3. The van der Waals surface area contributed by atoms with Crippen molar-refractivity contribution in [3.8, 4) is 17.1 Å². The van der Waals surface area contributed by atoms with Crippen molar-refractivity contribution in [2.45, 2.75) is 42.6 Å². The van der Waals surface area contributed by atoms with Crippen molar-refractivity contribution in [2.24, 2.45) is 0 Å². The lowest BCUT2D eigenvalue weighted by Gasteiger charge is -2.26. The van der Waals surface area contributed by atoms with Crippen LogP contribution in [-0.4, -0.2) is 55.7 Å². The fraction of sp³-hybridized carbons (Fsp3) is 0.281. The van der Waals surface area contributed by atoms with Gasteiger partial charge in [0.25, 0.3) is 15.9 Å². The lowest BCUT2D eigenvalue weighted by atomic mass is 10.00. The molecule has 1 atom stereocenters.